The Balaban J connectivity index is 1.17. The molecular weight excluding hydrogens is 456 g/mol. The Morgan fingerprint density at radius 1 is 1.11 bits per heavy atom. The average Bonchev–Trinajstić information content (AvgIpc) is 3.48. The third-order valence-corrected chi connectivity index (χ3v) is 7.35. The molecular formula is C27H26N6O3. The lowest BCUT2D eigenvalue weighted by molar-refractivity contribution is -0.165. The van der Waals surface area contributed by atoms with Crippen LogP contribution in [0.25, 0.3) is 21.8 Å². The van der Waals surface area contributed by atoms with Crippen LogP contribution in [0.5, 0.6) is 0 Å². The number of nitrogens with zero attached hydrogens (tertiary/aromatic N) is 3. The Kier molecular flexibility index (Phi) is 5.13. The highest BCUT2D eigenvalue weighted by molar-refractivity contribution is 6.26. The number of hydrazone groups is 1. The fourth-order valence-corrected chi connectivity index (χ4v) is 5.51. The molecule has 2 aliphatic rings. The first-order valence-corrected chi connectivity index (χ1v) is 12.1. The molecule has 3 amide bonds. The van der Waals surface area contributed by atoms with E-state index < -0.39 is 11.4 Å². The average molecular weight is 483 g/mol. The summed E-state index contributed by atoms with van der Waals surface area (Å²) in [5.41, 5.74) is 3.66. The first-order valence-electron chi connectivity index (χ1n) is 12.1. The van der Waals surface area contributed by atoms with Gasteiger partial charge in [-0.2, -0.15) is 5.10 Å². The summed E-state index contributed by atoms with van der Waals surface area (Å²) in [6, 6.07) is 15.9. The van der Waals surface area contributed by atoms with Gasteiger partial charge < -0.3 is 20.2 Å². The fraction of sp³-hybridized carbons (Fsp3) is 0.259. The zero-order valence-corrected chi connectivity index (χ0v) is 19.9. The molecule has 4 heterocycles. The van der Waals surface area contributed by atoms with Crippen molar-refractivity contribution in [2.45, 2.75) is 25.3 Å². The van der Waals surface area contributed by atoms with E-state index in [1.54, 1.807) is 11.8 Å². The molecule has 2 aromatic carbocycles. The summed E-state index contributed by atoms with van der Waals surface area (Å²) in [4.78, 5) is 47.3. The Morgan fingerprint density at radius 3 is 2.69 bits per heavy atom. The van der Waals surface area contributed by atoms with E-state index in [0.29, 0.717) is 25.9 Å². The number of H-pyrrole nitrogens is 2. The van der Waals surface area contributed by atoms with Crippen LogP contribution in [0.15, 0.2) is 59.8 Å². The summed E-state index contributed by atoms with van der Waals surface area (Å²) in [6.45, 7) is 2.44. The highest BCUT2D eigenvalue weighted by atomic mass is 16.2. The molecule has 0 bridgehead atoms. The summed E-state index contributed by atoms with van der Waals surface area (Å²) in [5.74, 6) is -0.951. The van der Waals surface area contributed by atoms with E-state index in [1.165, 1.54) is 0 Å². The minimum atomic E-state index is -1.20. The number of aromatic nitrogens is 2. The van der Waals surface area contributed by atoms with E-state index in [9.17, 15) is 14.4 Å². The standard InChI is InChI=1S/C27H26N6O3/c1-27-25-20(19-7-3-5-9-22(19)31-25)11-13-32(27)24(35)16-33(26(27)36)30-15-23(34)28-12-10-17-14-29-21-8-4-2-6-18(17)21/h2-9,14-15,29,31H,10-13,16H2,1H3,(H,28,34). The van der Waals surface area contributed by atoms with Crippen LogP contribution < -0.4 is 5.32 Å². The van der Waals surface area contributed by atoms with Crippen LogP contribution in [-0.4, -0.2) is 63.4 Å². The molecule has 6 rings (SSSR count). The van der Waals surface area contributed by atoms with Gasteiger partial charge >= 0.3 is 0 Å². The number of nitrogens with one attached hydrogen (secondary N) is 3. The normalized spacial score (nSPS) is 19.8. The van der Waals surface area contributed by atoms with Crippen molar-refractivity contribution < 1.29 is 14.4 Å². The monoisotopic (exact) mass is 482 g/mol. The highest BCUT2D eigenvalue weighted by Crippen LogP contribution is 2.41. The van der Waals surface area contributed by atoms with Crippen molar-refractivity contribution in [3.8, 4) is 0 Å². The summed E-state index contributed by atoms with van der Waals surface area (Å²) >= 11 is 0. The zero-order chi connectivity index (χ0) is 24.9. The molecule has 0 aliphatic carbocycles. The van der Waals surface area contributed by atoms with Crippen molar-refractivity contribution >= 4 is 45.7 Å². The van der Waals surface area contributed by atoms with Crippen LogP contribution in [0.3, 0.4) is 0 Å². The fourth-order valence-electron chi connectivity index (χ4n) is 5.51. The number of hydrogen-bond acceptors (Lipinski definition) is 4. The van der Waals surface area contributed by atoms with Crippen LogP contribution in [0.1, 0.15) is 23.7 Å². The van der Waals surface area contributed by atoms with E-state index in [-0.39, 0.29) is 18.4 Å². The van der Waals surface area contributed by atoms with Gasteiger partial charge in [0.15, 0.2) is 5.54 Å². The molecule has 4 aromatic rings. The molecule has 0 saturated carbocycles. The van der Waals surface area contributed by atoms with Crippen molar-refractivity contribution in [2.24, 2.45) is 5.10 Å². The molecule has 3 N–H and O–H groups in total. The number of para-hydroxylation sites is 2. The molecule has 1 fully saturated rings. The summed E-state index contributed by atoms with van der Waals surface area (Å²) in [7, 11) is 0. The second kappa shape index (κ2) is 8.37. The van der Waals surface area contributed by atoms with Crippen LogP contribution in [0.2, 0.25) is 0 Å². The van der Waals surface area contributed by atoms with E-state index in [4.69, 9.17) is 0 Å². The molecule has 1 saturated heterocycles. The van der Waals surface area contributed by atoms with Crippen molar-refractivity contribution in [3.63, 3.8) is 0 Å². The zero-order valence-electron chi connectivity index (χ0n) is 19.9. The predicted molar refractivity (Wildman–Crippen MR) is 136 cm³/mol. The van der Waals surface area contributed by atoms with Crippen LogP contribution >= 0.6 is 0 Å². The first kappa shape index (κ1) is 22.1. The number of rotatable bonds is 5. The van der Waals surface area contributed by atoms with Crippen LogP contribution in [0, 0.1) is 0 Å². The molecule has 1 atom stereocenters. The Morgan fingerprint density at radius 2 is 1.86 bits per heavy atom. The molecule has 0 radical (unpaired) electrons. The minimum Gasteiger partial charge on any atom is -0.361 e. The number of amides is 3. The Bertz CT molecular complexity index is 1550. The summed E-state index contributed by atoms with van der Waals surface area (Å²) in [6.07, 6.45) is 4.35. The van der Waals surface area contributed by atoms with Gasteiger partial charge in [-0.25, -0.2) is 5.01 Å². The molecule has 182 valence electrons. The predicted octanol–water partition coefficient (Wildman–Crippen LogP) is 2.44. The third-order valence-electron chi connectivity index (χ3n) is 7.35. The minimum absolute atomic E-state index is 0.191. The van der Waals surface area contributed by atoms with Crippen molar-refractivity contribution in [1.82, 2.24) is 25.2 Å². The lowest BCUT2D eigenvalue weighted by Gasteiger charge is -2.48. The topological polar surface area (TPSA) is 114 Å². The quantitative estimate of drug-likeness (QED) is 0.380. The van der Waals surface area contributed by atoms with E-state index in [1.807, 2.05) is 54.7 Å². The first-order chi connectivity index (χ1) is 17.5. The number of aromatic amines is 2. The van der Waals surface area contributed by atoms with Gasteiger partial charge in [0, 0.05) is 41.1 Å². The van der Waals surface area contributed by atoms with Gasteiger partial charge in [-0.3, -0.25) is 14.4 Å². The maximum atomic E-state index is 13.6. The van der Waals surface area contributed by atoms with Crippen molar-refractivity contribution in [2.75, 3.05) is 19.6 Å². The van der Waals surface area contributed by atoms with Crippen molar-refractivity contribution in [1.29, 1.82) is 0 Å². The molecule has 2 aliphatic heterocycles. The van der Waals surface area contributed by atoms with E-state index in [0.717, 1.165) is 49.9 Å². The lowest BCUT2D eigenvalue weighted by atomic mass is 9.83. The molecule has 9 nitrogen and oxygen atoms in total. The molecule has 36 heavy (non-hydrogen) atoms. The number of carbonyl (C=O) groups is 3. The molecule has 2 aromatic heterocycles. The van der Waals surface area contributed by atoms with Crippen LogP contribution in [0.4, 0.5) is 0 Å². The molecule has 9 heteroatoms. The number of hydrogen-bond donors (Lipinski definition) is 3. The maximum Gasteiger partial charge on any atom is 0.275 e. The number of piperazine rings is 1. The van der Waals surface area contributed by atoms with Gasteiger partial charge in [0.05, 0.1) is 5.69 Å². The van der Waals surface area contributed by atoms with Gasteiger partial charge in [0.2, 0.25) is 5.91 Å². The molecule has 0 spiro atoms. The largest absolute Gasteiger partial charge is 0.361 e. The summed E-state index contributed by atoms with van der Waals surface area (Å²) in [5, 5.41) is 10.2. The van der Waals surface area contributed by atoms with Gasteiger partial charge in [0.25, 0.3) is 11.8 Å². The van der Waals surface area contributed by atoms with E-state index >= 15 is 0 Å². The Hall–Kier alpha value is -4.40. The van der Waals surface area contributed by atoms with Crippen LogP contribution in [-0.2, 0) is 32.8 Å². The smallest absolute Gasteiger partial charge is 0.275 e. The molecule has 1 unspecified atom stereocenters. The Labute approximate surface area is 207 Å². The number of carbonyl (C=O) groups excluding carboxylic acids is 3. The van der Waals surface area contributed by atoms with E-state index in [2.05, 4.69) is 20.4 Å². The summed E-state index contributed by atoms with van der Waals surface area (Å²) < 4.78 is 0. The second-order valence-corrected chi connectivity index (χ2v) is 9.40. The third kappa shape index (κ3) is 3.38. The van der Waals surface area contributed by atoms with Gasteiger partial charge in [-0.15, -0.1) is 0 Å². The second-order valence-electron chi connectivity index (χ2n) is 9.40. The SMILES string of the molecule is CC12C(=O)N(N=CC(=O)NCCc3c[nH]c4ccccc34)CC(=O)N1CCc1c2[nH]c2ccccc12. The number of fused-ring (bicyclic) bond motifs is 6. The number of benzene rings is 2. The lowest BCUT2D eigenvalue weighted by Crippen LogP contribution is -2.65. The van der Waals surface area contributed by atoms with Crippen molar-refractivity contribution in [3.05, 3.63) is 71.5 Å². The highest BCUT2D eigenvalue weighted by Gasteiger charge is 2.54. The van der Waals surface area contributed by atoms with Gasteiger partial charge in [0.1, 0.15) is 12.8 Å². The van der Waals surface area contributed by atoms with Gasteiger partial charge in [-0.05, 0) is 43.0 Å². The van der Waals surface area contributed by atoms with Gasteiger partial charge in [-0.1, -0.05) is 36.4 Å². The maximum absolute atomic E-state index is 13.6.